The van der Waals surface area contributed by atoms with E-state index in [-0.39, 0.29) is 0 Å². The summed E-state index contributed by atoms with van der Waals surface area (Å²) in [4.78, 5) is 0. The highest BCUT2D eigenvalue weighted by Gasteiger charge is 2.06. The summed E-state index contributed by atoms with van der Waals surface area (Å²) in [7, 11) is 0. The van der Waals surface area contributed by atoms with Crippen LogP contribution in [0.15, 0.2) is 0 Å². The van der Waals surface area contributed by atoms with Crippen LogP contribution in [0.3, 0.4) is 0 Å². The second kappa shape index (κ2) is 2.33. The highest BCUT2D eigenvalue weighted by Crippen LogP contribution is 2.18. The van der Waals surface area contributed by atoms with E-state index in [4.69, 9.17) is 0 Å². The van der Waals surface area contributed by atoms with E-state index in [1.807, 2.05) is 20.8 Å². The number of aryl methyl sites for hydroxylation is 2. The van der Waals surface area contributed by atoms with Crippen LogP contribution in [-0.4, -0.2) is 14.9 Å². The van der Waals surface area contributed by atoms with Gasteiger partial charge in [0.2, 0.25) is 5.88 Å². The van der Waals surface area contributed by atoms with Crippen LogP contribution in [0.1, 0.15) is 18.2 Å². The number of hydrogen-bond donors (Lipinski definition) is 1. The maximum atomic E-state index is 9.32. The first kappa shape index (κ1) is 7.12. The molecule has 0 unspecified atom stereocenters. The van der Waals surface area contributed by atoms with Crippen molar-refractivity contribution in [3.63, 3.8) is 0 Å². The van der Waals surface area contributed by atoms with Crippen LogP contribution in [0.4, 0.5) is 0 Å². The Balaban J connectivity index is 3.17. The highest BCUT2D eigenvalue weighted by atomic mass is 16.3. The first-order valence-electron chi connectivity index (χ1n) is 3.39. The monoisotopic (exact) mass is 140 g/mol. The fraction of sp³-hybridized carbons (Fsp3) is 0.571. The lowest BCUT2D eigenvalue weighted by atomic mass is 10.3. The zero-order valence-corrected chi connectivity index (χ0v) is 6.55. The molecular weight excluding hydrogens is 128 g/mol. The summed E-state index contributed by atoms with van der Waals surface area (Å²) in [6.45, 7) is 6.43. The molecule has 56 valence electrons. The van der Waals surface area contributed by atoms with Gasteiger partial charge in [-0.2, -0.15) is 5.10 Å². The van der Waals surface area contributed by atoms with Gasteiger partial charge >= 0.3 is 0 Å². The number of aromatic hydroxyl groups is 1. The summed E-state index contributed by atoms with van der Waals surface area (Å²) in [5.41, 5.74) is 1.78. The van der Waals surface area contributed by atoms with Crippen LogP contribution in [0.25, 0.3) is 0 Å². The third-order valence-electron chi connectivity index (χ3n) is 1.69. The molecule has 0 aromatic carbocycles. The average molecular weight is 140 g/mol. The molecule has 1 heterocycles. The zero-order chi connectivity index (χ0) is 7.72. The van der Waals surface area contributed by atoms with Crippen molar-refractivity contribution in [1.82, 2.24) is 9.78 Å². The van der Waals surface area contributed by atoms with Crippen LogP contribution in [0.2, 0.25) is 0 Å². The van der Waals surface area contributed by atoms with Gasteiger partial charge in [-0.25, -0.2) is 4.68 Å². The Bertz CT molecular complexity index is 240. The van der Waals surface area contributed by atoms with Crippen molar-refractivity contribution in [3.05, 3.63) is 11.3 Å². The number of hydrogen-bond acceptors (Lipinski definition) is 2. The minimum Gasteiger partial charge on any atom is -0.493 e. The van der Waals surface area contributed by atoms with Crippen molar-refractivity contribution in [2.75, 3.05) is 0 Å². The predicted molar refractivity (Wildman–Crippen MR) is 39.0 cm³/mol. The van der Waals surface area contributed by atoms with Gasteiger partial charge in [-0.05, 0) is 20.8 Å². The summed E-state index contributed by atoms with van der Waals surface area (Å²) in [5, 5.41) is 13.4. The molecule has 0 aliphatic carbocycles. The molecular formula is C7H12N2O. The Morgan fingerprint density at radius 2 is 2.10 bits per heavy atom. The Kier molecular flexibility index (Phi) is 1.66. The van der Waals surface area contributed by atoms with E-state index in [9.17, 15) is 5.11 Å². The molecule has 1 aromatic heterocycles. The van der Waals surface area contributed by atoms with E-state index in [2.05, 4.69) is 5.10 Å². The SMILES string of the molecule is CCn1nc(C)c(C)c1O. The van der Waals surface area contributed by atoms with Crippen molar-refractivity contribution in [3.8, 4) is 5.88 Å². The van der Waals surface area contributed by atoms with Crippen molar-refractivity contribution < 1.29 is 5.11 Å². The van der Waals surface area contributed by atoms with Gasteiger partial charge in [0.25, 0.3) is 0 Å². The van der Waals surface area contributed by atoms with Crippen LogP contribution < -0.4 is 0 Å². The summed E-state index contributed by atoms with van der Waals surface area (Å²) >= 11 is 0. The normalized spacial score (nSPS) is 10.3. The van der Waals surface area contributed by atoms with Gasteiger partial charge in [-0.1, -0.05) is 0 Å². The lowest BCUT2D eigenvalue weighted by molar-refractivity contribution is 0.402. The highest BCUT2D eigenvalue weighted by molar-refractivity contribution is 5.27. The van der Waals surface area contributed by atoms with Gasteiger partial charge in [-0.3, -0.25) is 0 Å². The van der Waals surface area contributed by atoms with Crippen LogP contribution in [-0.2, 0) is 6.54 Å². The lowest BCUT2D eigenvalue weighted by Crippen LogP contribution is -1.94. The molecule has 0 aliphatic heterocycles. The first-order chi connectivity index (χ1) is 4.66. The zero-order valence-electron chi connectivity index (χ0n) is 6.55. The molecule has 0 saturated carbocycles. The molecule has 3 heteroatoms. The molecule has 10 heavy (non-hydrogen) atoms. The van der Waals surface area contributed by atoms with Crippen molar-refractivity contribution >= 4 is 0 Å². The molecule has 1 N–H and O–H groups in total. The molecule has 0 aliphatic rings. The summed E-state index contributed by atoms with van der Waals surface area (Å²) in [6.07, 6.45) is 0. The maximum absolute atomic E-state index is 9.32. The van der Waals surface area contributed by atoms with Crippen LogP contribution in [0.5, 0.6) is 5.88 Å². The molecule has 0 amide bonds. The van der Waals surface area contributed by atoms with Gasteiger partial charge in [0.05, 0.1) is 5.69 Å². The molecule has 0 atom stereocenters. The molecule has 0 spiro atoms. The van der Waals surface area contributed by atoms with Gasteiger partial charge in [0.15, 0.2) is 0 Å². The summed E-state index contributed by atoms with van der Waals surface area (Å²) < 4.78 is 1.59. The molecule has 0 fully saturated rings. The largest absolute Gasteiger partial charge is 0.493 e. The second-order valence-electron chi connectivity index (χ2n) is 2.35. The molecule has 0 saturated heterocycles. The van der Waals surface area contributed by atoms with Crippen molar-refractivity contribution in [2.24, 2.45) is 0 Å². The smallest absolute Gasteiger partial charge is 0.212 e. The predicted octanol–water partition coefficient (Wildman–Crippen LogP) is 1.23. The molecule has 3 nitrogen and oxygen atoms in total. The lowest BCUT2D eigenvalue weighted by Gasteiger charge is -1.95. The Morgan fingerprint density at radius 3 is 2.30 bits per heavy atom. The first-order valence-corrected chi connectivity index (χ1v) is 3.39. The van der Waals surface area contributed by atoms with Crippen molar-refractivity contribution in [2.45, 2.75) is 27.3 Å². The standard InChI is InChI=1S/C7H12N2O/c1-4-9-7(10)5(2)6(3)8-9/h10H,4H2,1-3H3. The van der Waals surface area contributed by atoms with Gasteiger partial charge in [0, 0.05) is 12.1 Å². The van der Waals surface area contributed by atoms with E-state index in [1.165, 1.54) is 0 Å². The Morgan fingerprint density at radius 1 is 1.50 bits per heavy atom. The fourth-order valence-electron chi connectivity index (χ4n) is 0.879. The van der Waals surface area contributed by atoms with E-state index in [0.29, 0.717) is 5.88 Å². The average Bonchev–Trinajstić information content (AvgIpc) is 2.17. The Labute approximate surface area is 60.3 Å². The molecule has 0 radical (unpaired) electrons. The van der Waals surface area contributed by atoms with E-state index < -0.39 is 0 Å². The van der Waals surface area contributed by atoms with Crippen LogP contribution in [0, 0.1) is 13.8 Å². The molecule has 1 rings (SSSR count). The minimum atomic E-state index is 0.292. The second-order valence-corrected chi connectivity index (χ2v) is 2.35. The third-order valence-corrected chi connectivity index (χ3v) is 1.69. The van der Waals surface area contributed by atoms with Gasteiger partial charge in [-0.15, -0.1) is 0 Å². The number of nitrogens with zero attached hydrogens (tertiary/aromatic N) is 2. The third kappa shape index (κ3) is 0.875. The number of rotatable bonds is 1. The summed E-state index contributed by atoms with van der Waals surface area (Å²) in [5.74, 6) is 0.292. The summed E-state index contributed by atoms with van der Waals surface area (Å²) in [6, 6.07) is 0. The van der Waals surface area contributed by atoms with E-state index >= 15 is 0 Å². The maximum Gasteiger partial charge on any atom is 0.212 e. The van der Waals surface area contributed by atoms with E-state index in [1.54, 1.807) is 4.68 Å². The van der Waals surface area contributed by atoms with Crippen LogP contribution >= 0.6 is 0 Å². The van der Waals surface area contributed by atoms with Crippen molar-refractivity contribution in [1.29, 1.82) is 0 Å². The van der Waals surface area contributed by atoms with Gasteiger partial charge < -0.3 is 5.11 Å². The van der Waals surface area contributed by atoms with Gasteiger partial charge in [0.1, 0.15) is 0 Å². The molecule has 1 aromatic rings. The topological polar surface area (TPSA) is 38.0 Å². The quantitative estimate of drug-likeness (QED) is 0.637. The van der Waals surface area contributed by atoms with E-state index in [0.717, 1.165) is 17.8 Å². The number of aromatic nitrogens is 2. The Hall–Kier alpha value is -0.990. The fourth-order valence-corrected chi connectivity index (χ4v) is 0.879. The minimum absolute atomic E-state index is 0.292. The molecule has 0 bridgehead atoms.